The summed E-state index contributed by atoms with van der Waals surface area (Å²) >= 11 is 5.95. The van der Waals surface area contributed by atoms with Gasteiger partial charge in [0.1, 0.15) is 0 Å². The van der Waals surface area contributed by atoms with Gasteiger partial charge in [0.2, 0.25) is 5.91 Å². The molecule has 1 atom stereocenters. The van der Waals surface area contributed by atoms with Crippen LogP contribution in [0.3, 0.4) is 0 Å². The van der Waals surface area contributed by atoms with Gasteiger partial charge in [-0.2, -0.15) is 0 Å². The second-order valence-electron chi connectivity index (χ2n) is 6.22. The Morgan fingerprint density at radius 2 is 1.92 bits per heavy atom. The molecule has 0 spiro atoms. The first kappa shape index (κ1) is 17.7. The van der Waals surface area contributed by atoms with E-state index >= 15 is 0 Å². The third-order valence-corrected chi connectivity index (χ3v) is 4.52. The zero-order chi connectivity index (χ0) is 17.5. The second-order valence-corrected chi connectivity index (χ2v) is 6.66. The minimum Gasteiger partial charge on any atom is -0.376 e. The summed E-state index contributed by atoms with van der Waals surface area (Å²) < 4.78 is 5.71. The van der Waals surface area contributed by atoms with Crippen molar-refractivity contribution in [1.82, 2.24) is 4.90 Å². The Balaban J connectivity index is 1.71. The zero-order valence-electron chi connectivity index (χ0n) is 14.1. The number of rotatable bonds is 6. The average Bonchev–Trinajstić information content (AvgIpc) is 3.15. The van der Waals surface area contributed by atoms with Gasteiger partial charge in [-0.1, -0.05) is 54.1 Å². The maximum absolute atomic E-state index is 12.7. The summed E-state index contributed by atoms with van der Waals surface area (Å²) in [5, 5.41) is 0.699. The van der Waals surface area contributed by atoms with Gasteiger partial charge < -0.3 is 9.64 Å². The molecule has 0 unspecified atom stereocenters. The van der Waals surface area contributed by atoms with Crippen molar-refractivity contribution >= 4 is 23.6 Å². The minimum absolute atomic E-state index is 0.00527. The summed E-state index contributed by atoms with van der Waals surface area (Å²) in [6.45, 7) is 1.95. The summed E-state index contributed by atoms with van der Waals surface area (Å²) in [6.07, 6.45) is 5.69. The van der Waals surface area contributed by atoms with Crippen LogP contribution in [-0.4, -0.2) is 30.1 Å². The van der Waals surface area contributed by atoms with Crippen molar-refractivity contribution < 1.29 is 9.53 Å². The van der Waals surface area contributed by atoms with E-state index in [1.807, 2.05) is 65.6 Å². The summed E-state index contributed by atoms with van der Waals surface area (Å²) in [4.78, 5) is 14.6. The molecule has 4 heteroatoms. The summed E-state index contributed by atoms with van der Waals surface area (Å²) in [7, 11) is 0. The molecule has 3 nitrogen and oxygen atoms in total. The van der Waals surface area contributed by atoms with Crippen LogP contribution >= 0.6 is 11.6 Å². The predicted molar refractivity (Wildman–Crippen MR) is 101 cm³/mol. The molecule has 130 valence electrons. The second kappa shape index (κ2) is 8.84. The molecule has 0 aromatic heterocycles. The molecular weight excluding hydrogens is 334 g/mol. The maximum Gasteiger partial charge on any atom is 0.246 e. The largest absolute Gasteiger partial charge is 0.376 e. The Kier molecular flexibility index (Phi) is 6.26. The third kappa shape index (κ3) is 5.45. The lowest BCUT2D eigenvalue weighted by atomic mass is 10.1. The van der Waals surface area contributed by atoms with Crippen molar-refractivity contribution in [2.24, 2.45) is 0 Å². The number of halogens is 1. The molecule has 1 aliphatic rings. The molecular formula is C21H22ClNO2. The first-order chi connectivity index (χ1) is 12.2. The van der Waals surface area contributed by atoms with Crippen LogP contribution in [0.4, 0.5) is 0 Å². The normalized spacial score (nSPS) is 17.1. The Morgan fingerprint density at radius 1 is 1.16 bits per heavy atom. The molecule has 0 bridgehead atoms. The highest BCUT2D eigenvalue weighted by Crippen LogP contribution is 2.17. The van der Waals surface area contributed by atoms with Crippen molar-refractivity contribution in [2.75, 3.05) is 13.2 Å². The van der Waals surface area contributed by atoms with Crippen molar-refractivity contribution in [3.8, 4) is 0 Å². The molecule has 1 fully saturated rings. The number of ether oxygens (including phenoxy) is 1. The fourth-order valence-corrected chi connectivity index (χ4v) is 3.04. The van der Waals surface area contributed by atoms with Crippen LogP contribution in [-0.2, 0) is 16.1 Å². The van der Waals surface area contributed by atoms with E-state index in [9.17, 15) is 4.79 Å². The molecule has 2 aromatic carbocycles. The maximum atomic E-state index is 12.7. The lowest BCUT2D eigenvalue weighted by Gasteiger charge is -2.24. The van der Waals surface area contributed by atoms with Crippen molar-refractivity contribution in [1.29, 1.82) is 0 Å². The highest BCUT2D eigenvalue weighted by atomic mass is 35.5. The van der Waals surface area contributed by atoms with Crippen LogP contribution in [0.2, 0.25) is 5.02 Å². The topological polar surface area (TPSA) is 29.5 Å². The van der Waals surface area contributed by atoms with E-state index in [1.54, 1.807) is 6.08 Å². The first-order valence-corrected chi connectivity index (χ1v) is 8.96. The van der Waals surface area contributed by atoms with Gasteiger partial charge in [-0.3, -0.25) is 4.79 Å². The summed E-state index contributed by atoms with van der Waals surface area (Å²) in [6, 6.07) is 17.5. The van der Waals surface area contributed by atoms with Crippen LogP contribution < -0.4 is 0 Å². The Hall–Kier alpha value is -2.10. The van der Waals surface area contributed by atoms with E-state index < -0.39 is 0 Å². The minimum atomic E-state index is -0.00527. The van der Waals surface area contributed by atoms with Crippen LogP contribution in [0.25, 0.3) is 6.08 Å². The quantitative estimate of drug-likeness (QED) is 0.711. The molecule has 25 heavy (non-hydrogen) atoms. The number of carbonyl (C=O) groups is 1. The molecule has 1 aliphatic heterocycles. The smallest absolute Gasteiger partial charge is 0.246 e. The van der Waals surface area contributed by atoms with Gasteiger partial charge in [0.15, 0.2) is 0 Å². The van der Waals surface area contributed by atoms with E-state index in [0.29, 0.717) is 18.1 Å². The SMILES string of the molecule is O=C(/C=C/c1ccccc1)N(Cc1ccc(Cl)cc1)C[C@H]1CCCO1. The van der Waals surface area contributed by atoms with Crippen LogP contribution in [0.1, 0.15) is 24.0 Å². The van der Waals surface area contributed by atoms with E-state index in [1.165, 1.54) is 0 Å². The van der Waals surface area contributed by atoms with Crippen molar-refractivity contribution in [3.05, 3.63) is 76.8 Å². The average molecular weight is 356 g/mol. The van der Waals surface area contributed by atoms with Gasteiger partial charge in [-0.15, -0.1) is 0 Å². The monoisotopic (exact) mass is 355 g/mol. The van der Waals surface area contributed by atoms with Crippen LogP contribution in [0, 0.1) is 0 Å². The molecule has 0 aliphatic carbocycles. The molecule has 0 N–H and O–H groups in total. The lowest BCUT2D eigenvalue weighted by molar-refractivity contribution is -0.128. The van der Waals surface area contributed by atoms with E-state index in [2.05, 4.69) is 0 Å². The Bertz CT molecular complexity index is 706. The van der Waals surface area contributed by atoms with Gasteiger partial charge in [0.05, 0.1) is 6.10 Å². The highest BCUT2D eigenvalue weighted by molar-refractivity contribution is 6.30. The van der Waals surface area contributed by atoms with Gasteiger partial charge in [0.25, 0.3) is 0 Å². The Morgan fingerprint density at radius 3 is 2.60 bits per heavy atom. The van der Waals surface area contributed by atoms with Gasteiger partial charge >= 0.3 is 0 Å². The van der Waals surface area contributed by atoms with Gasteiger partial charge in [-0.25, -0.2) is 0 Å². The van der Waals surface area contributed by atoms with Crippen molar-refractivity contribution in [3.63, 3.8) is 0 Å². The number of hydrogen-bond acceptors (Lipinski definition) is 2. The van der Waals surface area contributed by atoms with E-state index in [-0.39, 0.29) is 12.0 Å². The standard InChI is InChI=1S/C21H22ClNO2/c22-19-11-8-18(9-12-19)15-23(16-20-7-4-14-25-20)21(24)13-10-17-5-2-1-3-6-17/h1-3,5-6,8-13,20H,4,7,14-16H2/b13-10+/t20-/m1/s1. The van der Waals surface area contributed by atoms with E-state index in [0.717, 1.165) is 30.6 Å². The number of amides is 1. The number of carbonyl (C=O) groups excluding carboxylic acids is 1. The predicted octanol–water partition coefficient (Wildman–Crippen LogP) is 4.56. The fourth-order valence-electron chi connectivity index (χ4n) is 2.91. The van der Waals surface area contributed by atoms with Gasteiger partial charge in [-0.05, 0) is 42.2 Å². The number of nitrogens with zero attached hydrogens (tertiary/aromatic N) is 1. The number of hydrogen-bond donors (Lipinski definition) is 0. The van der Waals surface area contributed by atoms with E-state index in [4.69, 9.17) is 16.3 Å². The fraction of sp³-hybridized carbons (Fsp3) is 0.286. The molecule has 2 aromatic rings. The zero-order valence-corrected chi connectivity index (χ0v) is 14.9. The molecule has 0 saturated carbocycles. The lowest BCUT2D eigenvalue weighted by Crippen LogP contribution is -2.35. The molecule has 0 radical (unpaired) electrons. The van der Waals surface area contributed by atoms with Crippen molar-refractivity contribution in [2.45, 2.75) is 25.5 Å². The van der Waals surface area contributed by atoms with Gasteiger partial charge in [0, 0.05) is 30.8 Å². The Labute approximate surface area is 153 Å². The van der Waals surface area contributed by atoms with Crippen LogP contribution in [0.5, 0.6) is 0 Å². The molecule has 3 rings (SSSR count). The third-order valence-electron chi connectivity index (χ3n) is 4.26. The summed E-state index contributed by atoms with van der Waals surface area (Å²) in [5.41, 5.74) is 2.07. The highest BCUT2D eigenvalue weighted by Gasteiger charge is 2.21. The summed E-state index contributed by atoms with van der Waals surface area (Å²) in [5.74, 6) is -0.00527. The first-order valence-electron chi connectivity index (χ1n) is 8.59. The molecule has 1 amide bonds. The molecule has 1 saturated heterocycles. The number of benzene rings is 2. The molecule has 1 heterocycles. The van der Waals surface area contributed by atoms with Crippen LogP contribution in [0.15, 0.2) is 60.7 Å².